The number of nitrogens with one attached hydrogen (secondary N) is 1. The summed E-state index contributed by atoms with van der Waals surface area (Å²) >= 11 is 12.6. The highest BCUT2D eigenvalue weighted by Gasteiger charge is 2.21. The van der Waals surface area contributed by atoms with Gasteiger partial charge >= 0.3 is 0 Å². The number of guanidine groups is 1. The lowest BCUT2D eigenvalue weighted by atomic mass is 10.0. The van der Waals surface area contributed by atoms with E-state index in [0.29, 0.717) is 16.6 Å². The summed E-state index contributed by atoms with van der Waals surface area (Å²) < 4.78 is 0. The van der Waals surface area contributed by atoms with Gasteiger partial charge < -0.3 is 15.1 Å². The van der Waals surface area contributed by atoms with Crippen molar-refractivity contribution in [2.24, 2.45) is 4.99 Å². The van der Waals surface area contributed by atoms with E-state index < -0.39 is 0 Å². The highest BCUT2D eigenvalue weighted by Crippen LogP contribution is 2.31. The molecule has 1 aliphatic heterocycles. The van der Waals surface area contributed by atoms with E-state index in [-0.39, 0.29) is 35.8 Å². The van der Waals surface area contributed by atoms with Gasteiger partial charge in [-0.3, -0.25) is 9.79 Å². The lowest BCUT2D eigenvalue weighted by molar-refractivity contribution is -0.130. The van der Waals surface area contributed by atoms with Gasteiger partial charge in [0.1, 0.15) is 0 Å². The molecule has 0 saturated carbocycles. The molecule has 8 heteroatoms. The first-order valence-electron chi connectivity index (χ1n) is 8.66. The number of aliphatic imine (C=N–C) groups is 1. The number of hydrogen-bond acceptors (Lipinski definition) is 2. The molecule has 0 spiro atoms. The summed E-state index contributed by atoms with van der Waals surface area (Å²) in [5.41, 5.74) is 0.937. The van der Waals surface area contributed by atoms with Crippen molar-refractivity contribution in [1.29, 1.82) is 0 Å². The van der Waals surface area contributed by atoms with Crippen molar-refractivity contribution in [3.8, 4) is 0 Å². The fourth-order valence-electron chi connectivity index (χ4n) is 2.96. The van der Waals surface area contributed by atoms with Crippen LogP contribution in [-0.4, -0.2) is 60.9 Å². The minimum absolute atomic E-state index is 0. The Balaban J connectivity index is 0.00000338. The summed E-state index contributed by atoms with van der Waals surface area (Å²) in [5.74, 6) is 1.12. The molecular formula is C18H27Cl2IN4O. The number of rotatable bonds is 4. The van der Waals surface area contributed by atoms with Crippen LogP contribution in [0.2, 0.25) is 10.0 Å². The van der Waals surface area contributed by atoms with Crippen molar-refractivity contribution in [3.05, 3.63) is 33.8 Å². The van der Waals surface area contributed by atoms with E-state index in [4.69, 9.17) is 28.2 Å². The van der Waals surface area contributed by atoms with Crippen LogP contribution >= 0.6 is 47.2 Å². The molecule has 5 nitrogen and oxygen atoms in total. The molecule has 1 aliphatic rings. The van der Waals surface area contributed by atoms with Gasteiger partial charge in [0.15, 0.2) is 5.96 Å². The number of nitrogens with zero attached hydrogens (tertiary/aromatic N) is 3. The Morgan fingerprint density at radius 2 is 1.73 bits per heavy atom. The standard InChI is InChI=1S/C18H26Cl2N4O.HI/c1-4-21-18(24-10-8-23(9-11-24)14(3)25)22-12-13(2)17-15(19)6-5-7-16(17)20;/h5-7,13H,4,8-12H2,1-3H3,(H,21,22);1H. The van der Waals surface area contributed by atoms with E-state index in [0.717, 1.165) is 44.2 Å². The van der Waals surface area contributed by atoms with Crippen LogP contribution in [0.1, 0.15) is 32.3 Å². The van der Waals surface area contributed by atoms with E-state index in [9.17, 15) is 4.79 Å². The Morgan fingerprint density at radius 1 is 1.19 bits per heavy atom. The summed E-state index contributed by atoms with van der Waals surface area (Å²) in [7, 11) is 0. The maximum atomic E-state index is 11.5. The van der Waals surface area contributed by atoms with E-state index in [1.165, 1.54) is 0 Å². The normalized spacial score (nSPS) is 16.1. The zero-order valence-electron chi connectivity index (χ0n) is 15.5. The number of hydrogen-bond donors (Lipinski definition) is 1. The van der Waals surface area contributed by atoms with Gasteiger partial charge in [0.2, 0.25) is 5.91 Å². The molecule has 1 heterocycles. The van der Waals surface area contributed by atoms with Crippen molar-refractivity contribution >= 4 is 59.0 Å². The molecule has 0 radical (unpaired) electrons. The predicted octanol–water partition coefficient (Wildman–Crippen LogP) is 3.84. The molecular weight excluding hydrogens is 486 g/mol. The highest BCUT2D eigenvalue weighted by atomic mass is 127. The second kappa shape index (κ2) is 11.2. The van der Waals surface area contributed by atoms with Gasteiger partial charge in [0.25, 0.3) is 0 Å². The molecule has 146 valence electrons. The topological polar surface area (TPSA) is 47.9 Å². The van der Waals surface area contributed by atoms with Crippen molar-refractivity contribution in [2.45, 2.75) is 26.7 Å². The number of benzene rings is 1. The number of amides is 1. The molecule has 1 aromatic rings. The van der Waals surface area contributed by atoms with Crippen LogP contribution in [0.25, 0.3) is 0 Å². The number of carbonyl (C=O) groups is 1. The quantitative estimate of drug-likeness (QED) is 0.378. The van der Waals surface area contributed by atoms with Gasteiger partial charge in [0, 0.05) is 62.2 Å². The van der Waals surface area contributed by atoms with Crippen molar-refractivity contribution in [2.75, 3.05) is 39.3 Å². The molecule has 0 aliphatic carbocycles. The maximum absolute atomic E-state index is 11.5. The molecule has 2 rings (SSSR count). The molecule has 1 amide bonds. The van der Waals surface area contributed by atoms with Gasteiger partial charge in [-0.1, -0.05) is 36.2 Å². The Labute approximate surface area is 183 Å². The number of carbonyl (C=O) groups excluding carboxylic acids is 1. The zero-order chi connectivity index (χ0) is 18.4. The fraction of sp³-hybridized carbons (Fsp3) is 0.556. The van der Waals surface area contributed by atoms with Gasteiger partial charge in [-0.05, 0) is 24.6 Å². The molecule has 1 atom stereocenters. The molecule has 26 heavy (non-hydrogen) atoms. The van der Waals surface area contributed by atoms with Crippen LogP contribution < -0.4 is 5.32 Å². The Hall–Kier alpha value is -0.730. The Bertz CT molecular complexity index is 613. The number of piperazine rings is 1. The molecule has 0 bridgehead atoms. The SMILES string of the molecule is CCNC(=NCC(C)c1c(Cl)cccc1Cl)N1CCN(C(C)=O)CC1.I. The summed E-state index contributed by atoms with van der Waals surface area (Å²) in [6.07, 6.45) is 0. The summed E-state index contributed by atoms with van der Waals surface area (Å²) in [5, 5.41) is 4.69. The minimum atomic E-state index is 0. The van der Waals surface area contributed by atoms with E-state index in [1.807, 2.05) is 23.1 Å². The lowest BCUT2D eigenvalue weighted by Crippen LogP contribution is -2.53. The largest absolute Gasteiger partial charge is 0.357 e. The van der Waals surface area contributed by atoms with Gasteiger partial charge in [0.05, 0.1) is 0 Å². The second-order valence-electron chi connectivity index (χ2n) is 6.22. The third-order valence-corrected chi connectivity index (χ3v) is 5.03. The fourth-order valence-corrected chi connectivity index (χ4v) is 3.73. The van der Waals surface area contributed by atoms with Crippen LogP contribution in [0.15, 0.2) is 23.2 Å². The Morgan fingerprint density at radius 3 is 2.23 bits per heavy atom. The molecule has 1 fully saturated rings. The van der Waals surface area contributed by atoms with Crippen molar-refractivity contribution in [1.82, 2.24) is 15.1 Å². The van der Waals surface area contributed by atoms with Gasteiger partial charge in [-0.25, -0.2) is 0 Å². The minimum Gasteiger partial charge on any atom is -0.357 e. The van der Waals surface area contributed by atoms with Crippen LogP contribution in [0.4, 0.5) is 0 Å². The first-order valence-corrected chi connectivity index (χ1v) is 9.42. The lowest BCUT2D eigenvalue weighted by Gasteiger charge is -2.36. The average molecular weight is 513 g/mol. The second-order valence-corrected chi connectivity index (χ2v) is 7.04. The monoisotopic (exact) mass is 512 g/mol. The van der Waals surface area contributed by atoms with Gasteiger partial charge in [-0.2, -0.15) is 0 Å². The average Bonchev–Trinajstić information content (AvgIpc) is 2.58. The smallest absolute Gasteiger partial charge is 0.219 e. The highest BCUT2D eigenvalue weighted by molar-refractivity contribution is 14.0. The Kier molecular flexibility index (Phi) is 10.0. The maximum Gasteiger partial charge on any atom is 0.219 e. The number of halogens is 3. The van der Waals surface area contributed by atoms with Crippen LogP contribution in [0, 0.1) is 0 Å². The first kappa shape index (κ1) is 23.3. The molecule has 0 aromatic heterocycles. The van der Waals surface area contributed by atoms with Crippen LogP contribution in [-0.2, 0) is 4.79 Å². The molecule has 1 aromatic carbocycles. The zero-order valence-corrected chi connectivity index (χ0v) is 19.3. The first-order chi connectivity index (χ1) is 11.9. The molecule has 1 saturated heterocycles. The molecule has 1 N–H and O–H groups in total. The van der Waals surface area contributed by atoms with Gasteiger partial charge in [-0.15, -0.1) is 24.0 Å². The third-order valence-electron chi connectivity index (χ3n) is 4.37. The van der Waals surface area contributed by atoms with Crippen LogP contribution in [0.3, 0.4) is 0 Å². The third kappa shape index (κ3) is 6.16. The van der Waals surface area contributed by atoms with Crippen LogP contribution in [0.5, 0.6) is 0 Å². The van der Waals surface area contributed by atoms with Crippen molar-refractivity contribution in [3.63, 3.8) is 0 Å². The van der Waals surface area contributed by atoms with E-state index in [2.05, 4.69) is 24.1 Å². The van der Waals surface area contributed by atoms with Crippen molar-refractivity contribution < 1.29 is 4.79 Å². The van der Waals surface area contributed by atoms with E-state index in [1.54, 1.807) is 6.92 Å². The summed E-state index contributed by atoms with van der Waals surface area (Å²) in [6.45, 7) is 10.2. The summed E-state index contributed by atoms with van der Waals surface area (Å²) in [6, 6.07) is 5.56. The predicted molar refractivity (Wildman–Crippen MR) is 120 cm³/mol. The van der Waals surface area contributed by atoms with E-state index >= 15 is 0 Å². The summed E-state index contributed by atoms with van der Waals surface area (Å²) in [4.78, 5) is 20.3. The molecule has 1 unspecified atom stereocenters.